The molecule has 0 bridgehead atoms. The minimum absolute atomic E-state index is 0.0976. The second kappa shape index (κ2) is 6.75. The molecule has 1 aliphatic carbocycles. The third-order valence-corrected chi connectivity index (χ3v) is 3.69. The minimum Gasteiger partial charge on any atom is -0.489 e. The van der Waals surface area contributed by atoms with Crippen molar-refractivity contribution >= 4 is 5.91 Å². The fourth-order valence-electron chi connectivity index (χ4n) is 2.60. The predicted octanol–water partition coefficient (Wildman–Crippen LogP) is 2.27. The lowest BCUT2D eigenvalue weighted by molar-refractivity contribution is -0.126. The van der Waals surface area contributed by atoms with Crippen molar-refractivity contribution in [1.29, 1.82) is 0 Å². The number of benzene rings is 1. The standard InChI is InChI=1S/C16H23NO3/c1-13(20-14-7-3-2-4-8-14)12-17-15(18)11-16(19)9-5-6-10-16/h2-4,7-8,13,19H,5-6,9-12H2,1H3,(H,17,18). The molecule has 2 N–H and O–H groups in total. The van der Waals surface area contributed by atoms with E-state index in [9.17, 15) is 9.90 Å². The van der Waals surface area contributed by atoms with E-state index in [1.807, 2.05) is 37.3 Å². The molecule has 4 nitrogen and oxygen atoms in total. The van der Waals surface area contributed by atoms with Crippen LogP contribution in [0.25, 0.3) is 0 Å². The van der Waals surface area contributed by atoms with E-state index in [1.54, 1.807) is 0 Å². The SMILES string of the molecule is CC(CNC(=O)CC1(O)CCCC1)Oc1ccccc1. The topological polar surface area (TPSA) is 58.6 Å². The first-order valence-corrected chi connectivity index (χ1v) is 7.28. The number of hydrogen-bond donors (Lipinski definition) is 2. The largest absolute Gasteiger partial charge is 0.489 e. The first kappa shape index (κ1) is 14.9. The third-order valence-electron chi connectivity index (χ3n) is 3.69. The number of para-hydroxylation sites is 1. The number of ether oxygens (including phenoxy) is 1. The van der Waals surface area contributed by atoms with Gasteiger partial charge in [-0.2, -0.15) is 0 Å². The first-order valence-electron chi connectivity index (χ1n) is 7.28. The molecule has 2 rings (SSSR count). The van der Waals surface area contributed by atoms with E-state index >= 15 is 0 Å². The van der Waals surface area contributed by atoms with Crippen LogP contribution in [0.3, 0.4) is 0 Å². The molecule has 1 atom stereocenters. The van der Waals surface area contributed by atoms with Crippen molar-refractivity contribution in [2.75, 3.05) is 6.54 Å². The fraction of sp³-hybridized carbons (Fsp3) is 0.562. The van der Waals surface area contributed by atoms with Gasteiger partial charge in [-0.1, -0.05) is 31.0 Å². The molecule has 0 radical (unpaired) electrons. The lowest BCUT2D eigenvalue weighted by Gasteiger charge is -2.22. The van der Waals surface area contributed by atoms with Gasteiger partial charge in [0.05, 0.1) is 18.6 Å². The van der Waals surface area contributed by atoms with Crippen LogP contribution in [0.4, 0.5) is 0 Å². The summed E-state index contributed by atoms with van der Waals surface area (Å²) in [7, 11) is 0. The van der Waals surface area contributed by atoms with Crippen molar-refractivity contribution in [3.05, 3.63) is 30.3 Å². The number of amides is 1. The van der Waals surface area contributed by atoms with E-state index in [0.717, 1.165) is 31.4 Å². The van der Waals surface area contributed by atoms with Crippen molar-refractivity contribution in [2.24, 2.45) is 0 Å². The lowest BCUT2D eigenvalue weighted by Crippen LogP contribution is -2.38. The molecule has 1 aromatic carbocycles. The maximum absolute atomic E-state index is 11.8. The van der Waals surface area contributed by atoms with Gasteiger partial charge in [-0.3, -0.25) is 4.79 Å². The molecular formula is C16H23NO3. The summed E-state index contributed by atoms with van der Waals surface area (Å²) in [6.07, 6.45) is 3.59. The van der Waals surface area contributed by atoms with Crippen LogP contribution in [0.15, 0.2) is 30.3 Å². The molecule has 0 heterocycles. The Morgan fingerprint density at radius 2 is 2.00 bits per heavy atom. The zero-order valence-corrected chi connectivity index (χ0v) is 12.0. The highest BCUT2D eigenvalue weighted by Gasteiger charge is 2.33. The van der Waals surface area contributed by atoms with Crippen LogP contribution in [-0.4, -0.2) is 29.3 Å². The monoisotopic (exact) mass is 277 g/mol. The summed E-state index contributed by atoms with van der Waals surface area (Å²) in [6, 6.07) is 9.53. The van der Waals surface area contributed by atoms with Crippen molar-refractivity contribution in [1.82, 2.24) is 5.32 Å². The minimum atomic E-state index is -0.784. The summed E-state index contributed by atoms with van der Waals surface area (Å²) in [6.45, 7) is 2.36. The molecular weight excluding hydrogens is 254 g/mol. The summed E-state index contributed by atoms with van der Waals surface area (Å²) < 4.78 is 5.68. The number of nitrogens with one attached hydrogen (secondary N) is 1. The van der Waals surface area contributed by atoms with Crippen molar-refractivity contribution in [3.63, 3.8) is 0 Å². The Morgan fingerprint density at radius 1 is 1.35 bits per heavy atom. The molecule has 1 aromatic rings. The van der Waals surface area contributed by atoms with E-state index in [0.29, 0.717) is 6.54 Å². The first-order chi connectivity index (χ1) is 9.57. The number of aliphatic hydroxyl groups is 1. The molecule has 4 heteroatoms. The summed E-state index contributed by atoms with van der Waals surface area (Å²) in [5.41, 5.74) is -0.784. The highest BCUT2D eigenvalue weighted by molar-refractivity contribution is 5.77. The molecule has 1 aliphatic rings. The van der Waals surface area contributed by atoms with E-state index < -0.39 is 5.60 Å². The Labute approximate surface area is 120 Å². The lowest BCUT2D eigenvalue weighted by atomic mass is 9.98. The zero-order chi connectivity index (χ0) is 14.4. The molecule has 0 aliphatic heterocycles. The smallest absolute Gasteiger partial charge is 0.223 e. The Balaban J connectivity index is 1.70. The van der Waals surface area contributed by atoms with Gasteiger partial charge >= 0.3 is 0 Å². The Morgan fingerprint density at radius 3 is 2.65 bits per heavy atom. The third kappa shape index (κ3) is 4.53. The highest BCUT2D eigenvalue weighted by Crippen LogP contribution is 2.32. The molecule has 1 unspecified atom stereocenters. The van der Waals surface area contributed by atoms with Gasteiger partial charge in [0.25, 0.3) is 0 Å². The average molecular weight is 277 g/mol. The van der Waals surface area contributed by atoms with Gasteiger partial charge in [0.2, 0.25) is 5.91 Å². The van der Waals surface area contributed by atoms with E-state index in [1.165, 1.54) is 0 Å². The number of carbonyl (C=O) groups excluding carboxylic acids is 1. The number of rotatable bonds is 6. The fourth-order valence-corrected chi connectivity index (χ4v) is 2.60. The number of carbonyl (C=O) groups is 1. The molecule has 110 valence electrons. The summed E-state index contributed by atoms with van der Waals surface area (Å²) in [4.78, 5) is 11.8. The summed E-state index contributed by atoms with van der Waals surface area (Å²) in [5, 5.41) is 13.0. The van der Waals surface area contributed by atoms with Crippen molar-refractivity contribution in [3.8, 4) is 5.75 Å². The quantitative estimate of drug-likeness (QED) is 0.838. The molecule has 1 amide bonds. The Bertz CT molecular complexity index is 427. The molecule has 0 aromatic heterocycles. The zero-order valence-electron chi connectivity index (χ0n) is 12.0. The average Bonchev–Trinajstić information content (AvgIpc) is 2.84. The van der Waals surface area contributed by atoms with Crippen molar-refractivity contribution in [2.45, 2.75) is 50.7 Å². The normalized spacial score (nSPS) is 18.5. The molecule has 0 spiro atoms. The van der Waals surface area contributed by atoms with E-state index in [2.05, 4.69) is 5.32 Å². The van der Waals surface area contributed by atoms with Crippen LogP contribution in [0.2, 0.25) is 0 Å². The van der Waals surface area contributed by atoms with Crippen LogP contribution < -0.4 is 10.1 Å². The Kier molecular flexibility index (Phi) is 5.01. The highest BCUT2D eigenvalue weighted by atomic mass is 16.5. The summed E-state index contributed by atoms with van der Waals surface area (Å²) in [5.74, 6) is 0.696. The van der Waals surface area contributed by atoms with Crippen LogP contribution in [0, 0.1) is 0 Å². The second-order valence-corrected chi connectivity index (χ2v) is 5.65. The molecule has 0 saturated heterocycles. The maximum atomic E-state index is 11.8. The van der Waals surface area contributed by atoms with Crippen LogP contribution in [0.5, 0.6) is 5.75 Å². The predicted molar refractivity (Wildman–Crippen MR) is 77.6 cm³/mol. The van der Waals surface area contributed by atoms with Gasteiger partial charge in [-0.25, -0.2) is 0 Å². The second-order valence-electron chi connectivity index (χ2n) is 5.65. The van der Waals surface area contributed by atoms with E-state index in [-0.39, 0.29) is 18.4 Å². The van der Waals surface area contributed by atoms with Gasteiger partial charge in [0.15, 0.2) is 0 Å². The Hall–Kier alpha value is -1.55. The summed E-state index contributed by atoms with van der Waals surface area (Å²) >= 11 is 0. The van der Waals surface area contributed by atoms with Crippen molar-refractivity contribution < 1.29 is 14.6 Å². The maximum Gasteiger partial charge on any atom is 0.223 e. The van der Waals surface area contributed by atoms with Gasteiger partial charge in [0.1, 0.15) is 11.9 Å². The van der Waals surface area contributed by atoms with Crippen LogP contribution >= 0.6 is 0 Å². The molecule has 1 saturated carbocycles. The van der Waals surface area contributed by atoms with Crippen LogP contribution in [0.1, 0.15) is 39.0 Å². The van der Waals surface area contributed by atoms with Gasteiger partial charge in [-0.05, 0) is 31.9 Å². The van der Waals surface area contributed by atoms with E-state index in [4.69, 9.17) is 4.74 Å². The molecule has 20 heavy (non-hydrogen) atoms. The van der Waals surface area contributed by atoms with Crippen LogP contribution in [-0.2, 0) is 4.79 Å². The molecule has 1 fully saturated rings. The van der Waals surface area contributed by atoms with Gasteiger partial charge < -0.3 is 15.2 Å². The van der Waals surface area contributed by atoms with Gasteiger partial charge in [-0.15, -0.1) is 0 Å². The van der Waals surface area contributed by atoms with Gasteiger partial charge in [0, 0.05) is 0 Å². The number of hydrogen-bond acceptors (Lipinski definition) is 3.